The van der Waals surface area contributed by atoms with Crippen LogP contribution in [-0.4, -0.2) is 112 Å². The molecule has 1 fully saturated rings. The first-order chi connectivity index (χ1) is 21.4. The maximum atomic E-state index is 13.0. The van der Waals surface area contributed by atoms with Crippen LogP contribution in [0, 0.1) is 4.91 Å². The van der Waals surface area contributed by atoms with Gasteiger partial charge < -0.3 is 35.4 Å². The van der Waals surface area contributed by atoms with Crippen molar-refractivity contribution in [2.45, 2.75) is 62.9 Å². The minimum absolute atomic E-state index is 0.00774. The Bertz CT molecular complexity index is 1470. The molecule has 6 unspecified atom stereocenters. The van der Waals surface area contributed by atoms with Crippen molar-refractivity contribution in [2.75, 3.05) is 31.7 Å². The number of aliphatic hydroxyl groups excluding tert-OH is 3. The third kappa shape index (κ3) is 7.48. The third-order valence-corrected chi connectivity index (χ3v) is 8.70. The molecule has 6 atom stereocenters. The molecule has 242 valence electrons. The molecule has 1 saturated heterocycles. The van der Waals surface area contributed by atoms with E-state index in [4.69, 9.17) is 9.47 Å². The summed E-state index contributed by atoms with van der Waals surface area (Å²) in [5.41, 5.74) is 2.52. The molecule has 1 heterocycles. The molecule has 0 bridgehead atoms. The molecule has 2 aromatic carbocycles. The van der Waals surface area contributed by atoms with Crippen LogP contribution in [0.2, 0.25) is 0 Å². The van der Waals surface area contributed by atoms with Crippen LogP contribution in [0.4, 0.5) is 0 Å². The molecular weight excluding hydrogens is 606 g/mol. The number of carbonyl (C=O) groups is 4. The number of likely N-dealkylation sites (N-methyl/N-ethyl adjacent to an activating group) is 1. The molecule has 0 spiro atoms. The average molecular weight is 645 g/mol. The number of nitroso groups, excluding NO2 is 1. The second-order valence-electron chi connectivity index (χ2n) is 10.9. The number of nitrogens with one attached hydrogen (secondary N) is 2. The van der Waals surface area contributed by atoms with Gasteiger partial charge in [0.15, 0.2) is 12.8 Å². The lowest BCUT2D eigenvalue weighted by molar-refractivity contribution is -0.471. The molecule has 2 aliphatic rings. The Balaban J connectivity index is 1.49. The first-order valence-corrected chi connectivity index (χ1v) is 15.8. The summed E-state index contributed by atoms with van der Waals surface area (Å²) >= 11 is 1.64. The minimum atomic E-state index is -2.30. The van der Waals surface area contributed by atoms with Crippen LogP contribution in [0.25, 0.3) is 11.1 Å². The topological polar surface area (TPSA) is 192 Å². The van der Waals surface area contributed by atoms with Crippen molar-refractivity contribution >= 4 is 35.3 Å². The lowest BCUT2D eigenvalue weighted by Gasteiger charge is -2.45. The van der Waals surface area contributed by atoms with Gasteiger partial charge in [-0.2, -0.15) is 11.8 Å². The smallest absolute Gasteiger partial charge is 0.391 e. The zero-order valence-corrected chi connectivity index (χ0v) is 26.0. The van der Waals surface area contributed by atoms with Crippen molar-refractivity contribution in [1.29, 1.82) is 0 Å². The largest absolute Gasteiger partial charge is 0.491 e. The molecule has 0 aromatic heterocycles. The summed E-state index contributed by atoms with van der Waals surface area (Å²) < 4.78 is 11.7. The van der Waals surface area contributed by atoms with E-state index in [0.717, 1.165) is 18.4 Å². The minimum Gasteiger partial charge on any atom is -0.391 e. The standard InChI is InChI=1S/C31H37N3O10S/c1-4-45-13-7-12-43-31(30(41)34(3)42)15-23(36)25(33-17(2)35)28(44-31)27(39)24(37)16-32-29(40)18-10-11-20-19-8-5-6-9-21(19)26(38)22(20)14-18/h5-6,8-11,14,23-25,27-28,36-37,39H,4,7,12-13,15-16H2,1-3H3,(H-,32,33,35,40)/p+1. The number of carbonyl (C=O) groups excluding carboxylic acids is 4. The summed E-state index contributed by atoms with van der Waals surface area (Å²) in [6, 6.07) is 10.5. The van der Waals surface area contributed by atoms with Crippen LogP contribution in [0.15, 0.2) is 42.5 Å². The maximum absolute atomic E-state index is 13.0. The molecule has 45 heavy (non-hydrogen) atoms. The number of ether oxygens (including phenoxy) is 2. The van der Waals surface area contributed by atoms with Gasteiger partial charge in [-0.05, 0) is 41.2 Å². The normalized spacial score (nSPS) is 23.4. The summed E-state index contributed by atoms with van der Waals surface area (Å²) in [4.78, 5) is 62.9. The van der Waals surface area contributed by atoms with Crippen LogP contribution in [0.1, 0.15) is 53.0 Å². The van der Waals surface area contributed by atoms with Gasteiger partial charge in [-0.1, -0.05) is 37.3 Å². The van der Waals surface area contributed by atoms with Crippen LogP contribution >= 0.6 is 11.8 Å². The highest BCUT2D eigenvalue weighted by Gasteiger charge is 2.60. The van der Waals surface area contributed by atoms with Gasteiger partial charge in [-0.15, -0.1) is 0 Å². The number of ketones is 1. The number of hydrogen-bond acceptors (Lipinski definition) is 11. The molecule has 3 amide bonds. The first kappa shape index (κ1) is 34.3. The van der Waals surface area contributed by atoms with Crippen molar-refractivity contribution in [3.05, 3.63) is 64.1 Å². The van der Waals surface area contributed by atoms with Gasteiger partial charge in [0.2, 0.25) is 5.91 Å². The van der Waals surface area contributed by atoms with Crippen LogP contribution < -0.4 is 10.6 Å². The Morgan fingerprint density at radius 2 is 1.82 bits per heavy atom. The highest BCUT2D eigenvalue weighted by atomic mass is 32.2. The predicted molar refractivity (Wildman–Crippen MR) is 164 cm³/mol. The Morgan fingerprint density at radius 3 is 2.49 bits per heavy atom. The predicted octanol–water partition coefficient (Wildman–Crippen LogP) is 0.796. The van der Waals surface area contributed by atoms with Crippen molar-refractivity contribution in [3.63, 3.8) is 0 Å². The SMILES string of the molecule is CCSCCCOC1(C(=O)[N+](C)=O)CC(O)C(NC(C)=O)C(C(O)C(O)CNC(=O)c2ccc3c(c2)C(=O)c2ccccc2-3)O1. The summed E-state index contributed by atoms with van der Waals surface area (Å²) in [5, 5.41) is 38.1. The molecule has 1 aliphatic carbocycles. The number of rotatable bonds is 13. The second kappa shape index (κ2) is 14.7. The fourth-order valence-corrected chi connectivity index (χ4v) is 6.15. The number of fused-ring (bicyclic) bond motifs is 3. The zero-order chi connectivity index (χ0) is 32.9. The Labute approximate surface area is 264 Å². The summed E-state index contributed by atoms with van der Waals surface area (Å²) in [6.45, 7) is 2.63. The van der Waals surface area contributed by atoms with Gasteiger partial charge in [0.05, 0.1) is 29.6 Å². The number of nitrogens with zero attached hydrogens (tertiary/aromatic N) is 1. The summed E-state index contributed by atoms with van der Waals surface area (Å²) in [5.74, 6) is -3.35. The van der Waals surface area contributed by atoms with Gasteiger partial charge >= 0.3 is 11.7 Å². The van der Waals surface area contributed by atoms with E-state index in [1.54, 1.807) is 30.0 Å². The fourth-order valence-electron chi connectivity index (χ4n) is 5.54. The van der Waals surface area contributed by atoms with Gasteiger partial charge in [-0.3, -0.25) is 14.4 Å². The summed E-state index contributed by atoms with van der Waals surface area (Å²) in [7, 11) is 0.942. The number of hydrogen-bond donors (Lipinski definition) is 5. The highest BCUT2D eigenvalue weighted by molar-refractivity contribution is 7.99. The van der Waals surface area contributed by atoms with Crippen LogP contribution in [0.3, 0.4) is 0 Å². The number of thioether (sulfide) groups is 1. The van der Waals surface area contributed by atoms with E-state index in [9.17, 15) is 39.4 Å². The molecule has 4 rings (SSSR count). The average Bonchev–Trinajstić information content (AvgIpc) is 3.30. The Morgan fingerprint density at radius 1 is 1.13 bits per heavy atom. The lowest BCUT2D eigenvalue weighted by Crippen LogP contribution is -2.68. The van der Waals surface area contributed by atoms with Gasteiger partial charge in [0, 0.05) is 41.5 Å². The molecule has 13 nitrogen and oxygen atoms in total. The van der Waals surface area contributed by atoms with Crippen LogP contribution in [0.5, 0.6) is 0 Å². The van der Waals surface area contributed by atoms with E-state index < -0.39 is 66.9 Å². The van der Waals surface area contributed by atoms with E-state index in [0.29, 0.717) is 28.9 Å². The lowest BCUT2D eigenvalue weighted by atomic mass is 9.88. The maximum Gasteiger partial charge on any atom is 0.491 e. The monoisotopic (exact) mass is 644 g/mol. The van der Waals surface area contributed by atoms with Crippen molar-refractivity contribution < 1.29 is 48.7 Å². The van der Waals surface area contributed by atoms with Gasteiger partial charge in [-0.25, -0.2) is 4.79 Å². The molecule has 14 heteroatoms. The second-order valence-corrected chi connectivity index (χ2v) is 12.3. The first-order valence-electron chi connectivity index (χ1n) is 14.6. The van der Waals surface area contributed by atoms with E-state index in [-0.39, 0.29) is 22.7 Å². The van der Waals surface area contributed by atoms with Gasteiger partial charge in [0.25, 0.3) is 5.91 Å². The molecular formula is C31H38N3O10S+. The number of benzene rings is 2. The van der Waals surface area contributed by atoms with E-state index in [1.807, 2.05) is 19.1 Å². The zero-order valence-electron chi connectivity index (χ0n) is 25.2. The number of amides is 3. The quantitative estimate of drug-likeness (QED) is 0.131. The molecule has 0 saturated carbocycles. The highest BCUT2D eigenvalue weighted by Crippen LogP contribution is 2.37. The molecule has 1 aliphatic heterocycles. The molecule has 5 N–H and O–H groups in total. The van der Waals surface area contributed by atoms with Gasteiger partial charge in [0.1, 0.15) is 12.2 Å². The Kier molecular flexibility index (Phi) is 11.2. The molecule has 2 aromatic rings. The van der Waals surface area contributed by atoms with Crippen molar-refractivity contribution in [3.8, 4) is 11.1 Å². The Hall–Kier alpha value is -3.53. The fraction of sp³-hybridized carbons (Fsp3) is 0.484. The van der Waals surface area contributed by atoms with E-state index in [2.05, 4.69) is 10.6 Å². The summed E-state index contributed by atoms with van der Waals surface area (Å²) in [6.07, 6.45) is -6.79. The van der Waals surface area contributed by atoms with E-state index >= 15 is 0 Å². The van der Waals surface area contributed by atoms with Crippen molar-refractivity contribution in [1.82, 2.24) is 10.6 Å². The molecule has 0 radical (unpaired) electrons. The van der Waals surface area contributed by atoms with Crippen molar-refractivity contribution in [2.24, 2.45) is 0 Å². The third-order valence-electron chi connectivity index (χ3n) is 7.72. The van der Waals surface area contributed by atoms with E-state index in [1.165, 1.54) is 19.1 Å². The van der Waals surface area contributed by atoms with Crippen LogP contribution in [-0.2, 0) is 19.1 Å². The number of aliphatic hydroxyl groups is 3.